The lowest BCUT2D eigenvalue weighted by Gasteiger charge is -2.26. The van der Waals surface area contributed by atoms with Crippen LogP contribution < -0.4 is 10.1 Å². The highest BCUT2D eigenvalue weighted by atomic mass is 16.5. The lowest BCUT2D eigenvalue weighted by atomic mass is 9.96. The smallest absolute Gasteiger partial charge is 0.160 e. The normalized spacial score (nSPS) is 17.8. The average molecular weight is 255 g/mol. The molecular weight excluding hydrogens is 238 g/mol. The second-order valence-electron chi connectivity index (χ2n) is 4.83. The van der Waals surface area contributed by atoms with E-state index in [1.807, 2.05) is 6.07 Å². The molecule has 1 heterocycles. The fourth-order valence-electron chi connectivity index (χ4n) is 2.41. The predicted molar refractivity (Wildman–Crippen MR) is 74.4 cm³/mol. The second kappa shape index (κ2) is 5.33. The molecule has 2 aromatic carbocycles. The Balaban J connectivity index is 1.62. The monoisotopic (exact) mass is 255 g/mol. The Morgan fingerprint density at radius 3 is 2.63 bits per heavy atom. The summed E-state index contributed by atoms with van der Waals surface area (Å²) in [6.45, 7) is 1.44. The Morgan fingerprint density at radius 1 is 1.05 bits per heavy atom. The standard InChI is InChI=1S/C16H17NO2/c18-15-7-3-4-8-16(15)19-11-14-9-12-5-1-2-6-13(12)10-17-14/h1-8,14,17-18H,9-11H2. The van der Waals surface area contributed by atoms with Crippen LogP contribution in [0.15, 0.2) is 48.5 Å². The summed E-state index contributed by atoms with van der Waals surface area (Å²) in [5.74, 6) is 0.738. The van der Waals surface area contributed by atoms with Gasteiger partial charge >= 0.3 is 0 Å². The van der Waals surface area contributed by atoms with Gasteiger partial charge in [0.2, 0.25) is 0 Å². The average Bonchev–Trinajstić information content (AvgIpc) is 2.46. The number of nitrogens with one attached hydrogen (secondary N) is 1. The zero-order chi connectivity index (χ0) is 13.1. The maximum atomic E-state index is 9.65. The summed E-state index contributed by atoms with van der Waals surface area (Å²) >= 11 is 0. The fourth-order valence-corrected chi connectivity index (χ4v) is 2.41. The summed E-state index contributed by atoms with van der Waals surface area (Å²) in [6.07, 6.45) is 0.962. The van der Waals surface area contributed by atoms with Crippen molar-refractivity contribution in [1.82, 2.24) is 5.32 Å². The third-order valence-corrected chi connectivity index (χ3v) is 3.47. The first-order valence-corrected chi connectivity index (χ1v) is 6.54. The molecule has 3 rings (SSSR count). The third-order valence-electron chi connectivity index (χ3n) is 3.47. The number of phenols is 1. The van der Waals surface area contributed by atoms with Crippen molar-refractivity contribution in [3.05, 3.63) is 59.7 Å². The minimum absolute atomic E-state index is 0.193. The SMILES string of the molecule is Oc1ccccc1OCC1Cc2ccccc2CN1. The molecule has 1 unspecified atom stereocenters. The molecule has 0 radical (unpaired) electrons. The Morgan fingerprint density at radius 2 is 1.79 bits per heavy atom. The number of benzene rings is 2. The summed E-state index contributed by atoms with van der Waals surface area (Å²) < 4.78 is 5.68. The van der Waals surface area contributed by atoms with Gasteiger partial charge in [-0.3, -0.25) is 0 Å². The first-order valence-electron chi connectivity index (χ1n) is 6.54. The highest BCUT2D eigenvalue weighted by Gasteiger charge is 2.18. The summed E-state index contributed by atoms with van der Waals surface area (Å²) in [5, 5.41) is 13.1. The van der Waals surface area contributed by atoms with E-state index in [1.54, 1.807) is 18.2 Å². The number of hydrogen-bond acceptors (Lipinski definition) is 3. The number of phenolic OH excluding ortho intramolecular Hbond substituents is 1. The van der Waals surface area contributed by atoms with Crippen molar-refractivity contribution in [2.24, 2.45) is 0 Å². The maximum Gasteiger partial charge on any atom is 0.160 e. The van der Waals surface area contributed by atoms with Crippen LogP contribution in [0, 0.1) is 0 Å². The molecule has 98 valence electrons. The molecule has 0 aliphatic carbocycles. The Bertz CT molecular complexity index is 568. The predicted octanol–water partition coefficient (Wildman–Crippen LogP) is 2.49. The minimum atomic E-state index is 0.193. The van der Waals surface area contributed by atoms with Crippen LogP contribution in [0.3, 0.4) is 0 Å². The molecule has 0 saturated carbocycles. The molecule has 2 aromatic rings. The van der Waals surface area contributed by atoms with E-state index in [4.69, 9.17) is 4.74 Å². The van der Waals surface area contributed by atoms with Gasteiger partial charge in [0.05, 0.1) is 0 Å². The third kappa shape index (κ3) is 2.71. The highest BCUT2D eigenvalue weighted by molar-refractivity contribution is 5.38. The van der Waals surface area contributed by atoms with Gasteiger partial charge in [0.15, 0.2) is 11.5 Å². The zero-order valence-electron chi connectivity index (χ0n) is 10.7. The van der Waals surface area contributed by atoms with Crippen LogP contribution in [0.25, 0.3) is 0 Å². The van der Waals surface area contributed by atoms with Gasteiger partial charge in [-0.2, -0.15) is 0 Å². The van der Waals surface area contributed by atoms with Crippen molar-refractivity contribution >= 4 is 0 Å². The van der Waals surface area contributed by atoms with Gasteiger partial charge in [0.1, 0.15) is 6.61 Å². The Hall–Kier alpha value is -2.00. The van der Waals surface area contributed by atoms with Crippen LogP contribution in [-0.4, -0.2) is 17.8 Å². The first kappa shape index (κ1) is 12.1. The Kier molecular flexibility index (Phi) is 3.38. The van der Waals surface area contributed by atoms with Crippen LogP contribution in [0.2, 0.25) is 0 Å². The number of rotatable bonds is 3. The lowest BCUT2D eigenvalue weighted by molar-refractivity contribution is 0.247. The quantitative estimate of drug-likeness (QED) is 0.885. The van der Waals surface area contributed by atoms with Gasteiger partial charge in [-0.05, 0) is 29.7 Å². The summed E-state index contributed by atoms with van der Waals surface area (Å²) in [5.41, 5.74) is 2.74. The number of aromatic hydroxyl groups is 1. The van der Waals surface area contributed by atoms with Crippen molar-refractivity contribution in [1.29, 1.82) is 0 Å². The van der Waals surface area contributed by atoms with E-state index in [2.05, 4.69) is 29.6 Å². The summed E-state index contributed by atoms with van der Waals surface area (Å²) in [7, 11) is 0. The molecule has 0 spiro atoms. The minimum Gasteiger partial charge on any atom is -0.504 e. The molecule has 19 heavy (non-hydrogen) atoms. The van der Waals surface area contributed by atoms with E-state index in [1.165, 1.54) is 11.1 Å². The molecule has 0 saturated heterocycles. The van der Waals surface area contributed by atoms with Crippen LogP contribution in [-0.2, 0) is 13.0 Å². The lowest BCUT2D eigenvalue weighted by Crippen LogP contribution is -2.39. The van der Waals surface area contributed by atoms with Crippen LogP contribution in [0.4, 0.5) is 0 Å². The first-order chi connectivity index (χ1) is 9.33. The largest absolute Gasteiger partial charge is 0.504 e. The molecule has 0 aromatic heterocycles. The molecule has 0 amide bonds. The molecule has 1 aliphatic heterocycles. The second-order valence-corrected chi connectivity index (χ2v) is 4.83. The summed E-state index contributed by atoms with van der Waals surface area (Å²) in [6, 6.07) is 15.8. The molecule has 1 aliphatic rings. The van der Waals surface area contributed by atoms with Crippen molar-refractivity contribution in [2.75, 3.05) is 6.61 Å². The van der Waals surface area contributed by atoms with Crippen molar-refractivity contribution in [3.63, 3.8) is 0 Å². The van der Waals surface area contributed by atoms with Crippen LogP contribution >= 0.6 is 0 Å². The van der Waals surface area contributed by atoms with Crippen LogP contribution in [0.1, 0.15) is 11.1 Å². The summed E-state index contributed by atoms with van der Waals surface area (Å²) in [4.78, 5) is 0. The number of para-hydroxylation sites is 2. The van der Waals surface area contributed by atoms with E-state index in [0.717, 1.165) is 13.0 Å². The molecule has 0 fully saturated rings. The molecule has 3 heteroatoms. The zero-order valence-corrected chi connectivity index (χ0v) is 10.7. The van der Waals surface area contributed by atoms with Gasteiger partial charge < -0.3 is 15.2 Å². The van der Waals surface area contributed by atoms with Crippen molar-refractivity contribution in [3.8, 4) is 11.5 Å². The van der Waals surface area contributed by atoms with Crippen molar-refractivity contribution in [2.45, 2.75) is 19.0 Å². The van der Waals surface area contributed by atoms with E-state index in [9.17, 15) is 5.11 Å². The Labute approximate surface area is 112 Å². The van der Waals surface area contributed by atoms with E-state index in [0.29, 0.717) is 12.4 Å². The van der Waals surface area contributed by atoms with Gasteiger partial charge in [-0.15, -0.1) is 0 Å². The van der Waals surface area contributed by atoms with Crippen LogP contribution in [0.5, 0.6) is 11.5 Å². The van der Waals surface area contributed by atoms with E-state index >= 15 is 0 Å². The molecule has 2 N–H and O–H groups in total. The molecule has 3 nitrogen and oxygen atoms in total. The molecule has 1 atom stereocenters. The topological polar surface area (TPSA) is 41.5 Å². The van der Waals surface area contributed by atoms with Gasteiger partial charge in [0, 0.05) is 12.6 Å². The highest BCUT2D eigenvalue weighted by Crippen LogP contribution is 2.25. The molecule has 0 bridgehead atoms. The maximum absolute atomic E-state index is 9.65. The molecular formula is C16H17NO2. The van der Waals surface area contributed by atoms with E-state index in [-0.39, 0.29) is 11.8 Å². The van der Waals surface area contributed by atoms with E-state index < -0.39 is 0 Å². The van der Waals surface area contributed by atoms with Gasteiger partial charge in [-0.25, -0.2) is 0 Å². The van der Waals surface area contributed by atoms with Gasteiger partial charge in [-0.1, -0.05) is 36.4 Å². The fraction of sp³-hybridized carbons (Fsp3) is 0.250. The number of ether oxygens (including phenoxy) is 1. The number of fused-ring (bicyclic) bond motifs is 1. The van der Waals surface area contributed by atoms with Crippen molar-refractivity contribution < 1.29 is 9.84 Å². The number of hydrogen-bond donors (Lipinski definition) is 2. The van der Waals surface area contributed by atoms with Gasteiger partial charge in [0.25, 0.3) is 0 Å².